The molecule has 2 heterocycles. The first kappa shape index (κ1) is 11.7. The smallest absolute Gasteiger partial charge is 0.0756 e. The Bertz CT molecular complexity index is 430. The molecule has 0 aliphatic carbocycles. The van der Waals surface area contributed by atoms with E-state index in [2.05, 4.69) is 20.3 Å². The van der Waals surface area contributed by atoms with Crippen molar-refractivity contribution in [2.45, 2.75) is 18.9 Å². The highest BCUT2D eigenvalue weighted by Gasteiger charge is 2.10. The van der Waals surface area contributed by atoms with Gasteiger partial charge in [0.15, 0.2) is 0 Å². The standard InChI is InChI=1S/C13H16N4/c1-14-12(13-10-15-8-9-17-13)6-5-11-4-2-3-7-16-11/h2-4,7-10,12,14H,5-6H2,1H3. The zero-order valence-corrected chi connectivity index (χ0v) is 9.87. The molecular weight excluding hydrogens is 212 g/mol. The lowest BCUT2D eigenvalue weighted by molar-refractivity contribution is 0.530. The Hall–Kier alpha value is -1.81. The van der Waals surface area contributed by atoms with Crippen LogP contribution in [0.15, 0.2) is 43.0 Å². The molecule has 0 aromatic carbocycles. The van der Waals surface area contributed by atoms with E-state index in [0.29, 0.717) is 0 Å². The highest BCUT2D eigenvalue weighted by molar-refractivity contribution is 5.06. The molecule has 88 valence electrons. The summed E-state index contributed by atoms with van der Waals surface area (Å²) in [7, 11) is 1.94. The number of hydrogen-bond acceptors (Lipinski definition) is 4. The van der Waals surface area contributed by atoms with Gasteiger partial charge < -0.3 is 5.32 Å². The third kappa shape index (κ3) is 3.32. The molecule has 0 amide bonds. The van der Waals surface area contributed by atoms with Gasteiger partial charge in [-0.2, -0.15) is 0 Å². The molecule has 1 N–H and O–H groups in total. The molecular formula is C13H16N4. The zero-order chi connectivity index (χ0) is 11.9. The lowest BCUT2D eigenvalue weighted by Crippen LogP contribution is -2.18. The van der Waals surface area contributed by atoms with Crippen LogP contribution in [0.1, 0.15) is 23.9 Å². The van der Waals surface area contributed by atoms with E-state index in [1.165, 1.54) is 0 Å². The first-order valence-electron chi connectivity index (χ1n) is 5.73. The van der Waals surface area contributed by atoms with Crippen LogP contribution in [0.4, 0.5) is 0 Å². The normalized spacial score (nSPS) is 12.3. The molecule has 0 bridgehead atoms. The van der Waals surface area contributed by atoms with Gasteiger partial charge in [-0.05, 0) is 32.0 Å². The van der Waals surface area contributed by atoms with Gasteiger partial charge >= 0.3 is 0 Å². The Morgan fingerprint density at radius 3 is 2.76 bits per heavy atom. The van der Waals surface area contributed by atoms with Crippen molar-refractivity contribution < 1.29 is 0 Å². The maximum absolute atomic E-state index is 4.32. The Morgan fingerprint density at radius 2 is 2.12 bits per heavy atom. The van der Waals surface area contributed by atoms with Gasteiger partial charge in [0, 0.05) is 30.5 Å². The van der Waals surface area contributed by atoms with Gasteiger partial charge in [-0.25, -0.2) is 0 Å². The van der Waals surface area contributed by atoms with Crippen LogP contribution < -0.4 is 5.32 Å². The van der Waals surface area contributed by atoms with Crippen LogP contribution in [0.3, 0.4) is 0 Å². The molecule has 1 atom stereocenters. The molecule has 0 saturated heterocycles. The molecule has 0 spiro atoms. The molecule has 0 aliphatic heterocycles. The topological polar surface area (TPSA) is 50.7 Å². The molecule has 17 heavy (non-hydrogen) atoms. The number of rotatable bonds is 5. The van der Waals surface area contributed by atoms with Crippen molar-refractivity contribution in [3.05, 3.63) is 54.4 Å². The van der Waals surface area contributed by atoms with E-state index in [4.69, 9.17) is 0 Å². The van der Waals surface area contributed by atoms with E-state index in [-0.39, 0.29) is 6.04 Å². The summed E-state index contributed by atoms with van der Waals surface area (Å²) in [5.74, 6) is 0. The Morgan fingerprint density at radius 1 is 1.18 bits per heavy atom. The summed E-state index contributed by atoms with van der Waals surface area (Å²) in [6, 6.07) is 6.22. The van der Waals surface area contributed by atoms with Crippen molar-refractivity contribution in [3.8, 4) is 0 Å². The quantitative estimate of drug-likeness (QED) is 0.847. The zero-order valence-electron chi connectivity index (χ0n) is 9.87. The number of aromatic nitrogens is 3. The number of aryl methyl sites for hydroxylation is 1. The molecule has 2 rings (SSSR count). The average Bonchev–Trinajstić information content (AvgIpc) is 2.42. The van der Waals surface area contributed by atoms with Crippen LogP contribution in [-0.4, -0.2) is 22.0 Å². The van der Waals surface area contributed by atoms with Crippen LogP contribution in [0, 0.1) is 0 Å². The fraction of sp³-hybridized carbons (Fsp3) is 0.308. The molecule has 2 aromatic rings. The minimum atomic E-state index is 0.228. The van der Waals surface area contributed by atoms with Crippen molar-refractivity contribution in [3.63, 3.8) is 0 Å². The molecule has 0 aliphatic rings. The predicted octanol–water partition coefficient (Wildman–Crippen LogP) is 1.76. The van der Waals surface area contributed by atoms with Crippen LogP contribution in [0.2, 0.25) is 0 Å². The number of nitrogens with zero attached hydrogens (tertiary/aromatic N) is 3. The summed E-state index contributed by atoms with van der Waals surface area (Å²) in [5, 5.41) is 3.26. The molecule has 0 saturated carbocycles. The lowest BCUT2D eigenvalue weighted by atomic mass is 10.1. The Balaban J connectivity index is 1.97. The van der Waals surface area contributed by atoms with Gasteiger partial charge in [0.25, 0.3) is 0 Å². The summed E-state index contributed by atoms with van der Waals surface area (Å²) in [6.07, 6.45) is 8.94. The van der Waals surface area contributed by atoms with Crippen molar-refractivity contribution in [1.82, 2.24) is 20.3 Å². The second-order valence-corrected chi connectivity index (χ2v) is 3.83. The maximum atomic E-state index is 4.32. The summed E-state index contributed by atoms with van der Waals surface area (Å²) < 4.78 is 0. The van der Waals surface area contributed by atoms with Crippen molar-refractivity contribution in [2.75, 3.05) is 7.05 Å². The SMILES string of the molecule is CNC(CCc1ccccn1)c1cnccn1. The van der Waals surface area contributed by atoms with Gasteiger partial charge in [0.1, 0.15) is 0 Å². The third-order valence-corrected chi connectivity index (χ3v) is 2.70. The van der Waals surface area contributed by atoms with Crippen molar-refractivity contribution in [1.29, 1.82) is 0 Å². The van der Waals surface area contributed by atoms with E-state index in [9.17, 15) is 0 Å². The fourth-order valence-corrected chi connectivity index (χ4v) is 1.77. The molecule has 1 unspecified atom stereocenters. The van der Waals surface area contributed by atoms with E-state index >= 15 is 0 Å². The summed E-state index contributed by atoms with van der Waals surface area (Å²) >= 11 is 0. The maximum Gasteiger partial charge on any atom is 0.0756 e. The summed E-state index contributed by atoms with van der Waals surface area (Å²) in [4.78, 5) is 12.7. The van der Waals surface area contributed by atoms with Crippen LogP contribution >= 0.6 is 0 Å². The van der Waals surface area contributed by atoms with Gasteiger partial charge in [-0.15, -0.1) is 0 Å². The number of hydrogen-bond donors (Lipinski definition) is 1. The Kier molecular flexibility index (Phi) is 4.16. The highest BCUT2D eigenvalue weighted by Crippen LogP contribution is 2.14. The molecule has 0 fully saturated rings. The minimum absolute atomic E-state index is 0.228. The van der Waals surface area contributed by atoms with E-state index in [1.54, 1.807) is 18.6 Å². The summed E-state index contributed by atoms with van der Waals surface area (Å²) in [6.45, 7) is 0. The molecule has 0 radical (unpaired) electrons. The fourth-order valence-electron chi connectivity index (χ4n) is 1.77. The van der Waals surface area contributed by atoms with Crippen molar-refractivity contribution in [2.24, 2.45) is 0 Å². The number of nitrogens with one attached hydrogen (secondary N) is 1. The molecule has 2 aromatic heterocycles. The monoisotopic (exact) mass is 228 g/mol. The van der Waals surface area contributed by atoms with E-state index < -0.39 is 0 Å². The van der Waals surface area contributed by atoms with Crippen LogP contribution in [-0.2, 0) is 6.42 Å². The second-order valence-electron chi connectivity index (χ2n) is 3.83. The van der Waals surface area contributed by atoms with Gasteiger partial charge in [-0.3, -0.25) is 15.0 Å². The molecule has 4 heteroatoms. The van der Waals surface area contributed by atoms with Gasteiger partial charge in [0.2, 0.25) is 0 Å². The van der Waals surface area contributed by atoms with Gasteiger partial charge in [-0.1, -0.05) is 6.07 Å². The predicted molar refractivity (Wildman–Crippen MR) is 66.4 cm³/mol. The first-order chi connectivity index (χ1) is 8.40. The van der Waals surface area contributed by atoms with E-state index in [1.807, 2.05) is 31.4 Å². The largest absolute Gasteiger partial charge is 0.312 e. The Labute approximate surface area is 101 Å². The first-order valence-corrected chi connectivity index (χ1v) is 5.73. The van der Waals surface area contributed by atoms with E-state index in [0.717, 1.165) is 24.2 Å². The van der Waals surface area contributed by atoms with Crippen molar-refractivity contribution >= 4 is 0 Å². The highest BCUT2D eigenvalue weighted by atomic mass is 14.9. The summed E-state index contributed by atoms with van der Waals surface area (Å²) in [5.41, 5.74) is 2.09. The minimum Gasteiger partial charge on any atom is -0.312 e. The third-order valence-electron chi connectivity index (χ3n) is 2.70. The van der Waals surface area contributed by atoms with Crippen LogP contribution in [0.25, 0.3) is 0 Å². The second kappa shape index (κ2) is 6.06. The lowest BCUT2D eigenvalue weighted by Gasteiger charge is -2.14. The van der Waals surface area contributed by atoms with Gasteiger partial charge in [0.05, 0.1) is 11.7 Å². The average molecular weight is 228 g/mol. The molecule has 4 nitrogen and oxygen atoms in total. The number of pyridine rings is 1. The van der Waals surface area contributed by atoms with Crippen LogP contribution in [0.5, 0.6) is 0 Å².